The predicted octanol–water partition coefficient (Wildman–Crippen LogP) is 4.14. The van der Waals surface area contributed by atoms with Crippen LogP contribution in [0.5, 0.6) is 5.75 Å². The number of hydrogen-bond donors (Lipinski definition) is 0. The molecule has 1 saturated carbocycles. The summed E-state index contributed by atoms with van der Waals surface area (Å²) in [6.45, 7) is 0.969. The van der Waals surface area contributed by atoms with E-state index in [1.54, 1.807) is 7.11 Å². The molecule has 1 aromatic carbocycles. The molecular formula is C22H25N3O. The molecule has 2 aromatic rings. The minimum absolute atomic E-state index is 0.485. The molecule has 4 heteroatoms. The van der Waals surface area contributed by atoms with Crippen molar-refractivity contribution in [3.8, 4) is 5.75 Å². The van der Waals surface area contributed by atoms with Crippen LogP contribution in [0, 0.1) is 0 Å². The summed E-state index contributed by atoms with van der Waals surface area (Å²) in [6, 6.07) is 9.28. The average molecular weight is 347 g/mol. The summed E-state index contributed by atoms with van der Waals surface area (Å²) in [5.74, 6) is 2.66. The molecule has 1 aliphatic carbocycles. The molecule has 26 heavy (non-hydrogen) atoms. The van der Waals surface area contributed by atoms with Crippen LogP contribution in [0.4, 0.5) is 0 Å². The van der Waals surface area contributed by atoms with Crippen molar-refractivity contribution >= 4 is 6.08 Å². The van der Waals surface area contributed by atoms with E-state index in [1.165, 1.54) is 36.9 Å². The third-order valence-electron chi connectivity index (χ3n) is 6.04. The Hall–Kier alpha value is -2.20. The van der Waals surface area contributed by atoms with E-state index in [4.69, 9.17) is 9.72 Å². The smallest absolute Gasteiger partial charge is 0.131 e. The van der Waals surface area contributed by atoms with Gasteiger partial charge in [0.15, 0.2) is 0 Å². The van der Waals surface area contributed by atoms with E-state index in [0.717, 1.165) is 30.1 Å². The maximum absolute atomic E-state index is 5.44. The number of ether oxygens (including phenoxy) is 1. The van der Waals surface area contributed by atoms with Gasteiger partial charge >= 0.3 is 0 Å². The fourth-order valence-corrected chi connectivity index (χ4v) is 4.52. The molecule has 0 spiro atoms. The summed E-state index contributed by atoms with van der Waals surface area (Å²) in [4.78, 5) is 12.2. The van der Waals surface area contributed by atoms with E-state index in [-0.39, 0.29) is 0 Å². The molecule has 2 fully saturated rings. The van der Waals surface area contributed by atoms with E-state index in [2.05, 4.69) is 40.4 Å². The fourth-order valence-electron chi connectivity index (χ4n) is 4.52. The van der Waals surface area contributed by atoms with Crippen LogP contribution in [0.1, 0.15) is 60.3 Å². The first-order valence-corrected chi connectivity index (χ1v) is 9.74. The second-order valence-corrected chi connectivity index (χ2v) is 7.70. The van der Waals surface area contributed by atoms with Gasteiger partial charge < -0.3 is 4.74 Å². The second-order valence-electron chi connectivity index (χ2n) is 7.70. The van der Waals surface area contributed by atoms with Crippen molar-refractivity contribution in [2.45, 2.75) is 50.1 Å². The molecule has 1 aromatic heterocycles. The van der Waals surface area contributed by atoms with Crippen LogP contribution in [0.2, 0.25) is 0 Å². The Balaban J connectivity index is 1.34. The van der Waals surface area contributed by atoms with Gasteiger partial charge in [-0.1, -0.05) is 30.4 Å². The van der Waals surface area contributed by atoms with E-state index in [1.807, 2.05) is 12.1 Å². The Kier molecular flexibility index (Phi) is 4.01. The van der Waals surface area contributed by atoms with Crippen LogP contribution >= 0.6 is 0 Å². The normalized spacial score (nSPS) is 24.8. The highest BCUT2D eigenvalue weighted by atomic mass is 16.5. The summed E-state index contributed by atoms with van der Waals surface area (Å²) >= 11 is 0. The van der Waals surface area contributed by atoms with Gasteiger partial charge in [0.05, 0.1) is 12.8 Å². The zero-order chi connectivity index (χ0) is 17.5. The number of para-hydroxylation sites is 1. The lowest BCUT2D eigenvalue weighted by Crippen LogP contribution is -2.38. The van der Waals surface area contributed by atoms with E-state index < -0.39 is 0 Å². The number of rotatable bonds is 5. The molecular weight excluding hydrogens is 322 g/mol. The van der Waals surface area contributed by atoms with Crippen LogP contribution < -0.4 is 4.74 Å². The summed E-state index contributed by atoms with van der Waals surface area (Å²) in [7, 11) is 1.73. The number of fused-ring (bicyclic) bond motifs is 4. The SMILES string of the molecule is COc1ccccc1/C=C/CN1[C@H]2CC[C@H]1c1cnc(C3CC3)nc1C2. The Morgan fingerprint density at radius 1 is 1.19 bits per heavy atom. The molecule has 5 rings (SSSR count). The van der Waals surface area contributed by atoms with Crippen LogP contribution in [-0.4, -0.2) is 34.6 Å². The predicted molar refractivity (Wildman–Crippen MR) is 102 cm³/mol. The number of aromatic nitrogens is 2. The van der Waals surface area contributed by atoms with Crippen molar-refractivity contribution in [3.63, 3.8) is 0 Å². The molecule has 3 heterocycles. The lowest BCUT2D eigenvalue weighted by atomic mass is 9.99. The molecule has 0 radical (unpaired) electrons. The first kappa shape index (κ1) is 16.0. The summed E-state index contributed by atoms with van der Waals surface area (Å²) in [5.41, 5.74) is 3.82. The molecule has 0 unspecified atom stereocenters. The van der Waals surface area contributed by atoms with Gasteiger partial charge in [-0.3, -0.25) is 4.90 Å². The molecule has 134 valence electrons. The number of hydrogen-bond acceptors (Lipinski definition) is 4. The van der Waals surface area contributed by atoms with Gasteiger partial charge in [0.2, 0.25) is 0 Å². The van der Waals surface area contributed by atoms with E-state index in [0.29, 0.717) is 18.0 Å². The molecule has 2 bridgehead atoms. The maximum atomic E-state index is 5.44. The monoisotopic (exact) mass is 347 g/mol. The lowest BCUT2D eigenvalue weighted by Gasteiger charge is -2.34. The summed E-state index contributed by atoms with van der Waals surface area (Å²) in [6.07, 6.45) is 12.7. The van der Waals surface area contributed by atoms with Gasteiger partial charge in [-0.25, -0.2) is 9.97 Å². The molecule has 2 aliphatic heterocycles. The van der Waals surface area contributed by atoms with Crippen molar-refractivity contribution in [1.82, 2.24) is 14.9 Å². The largest absolute Gasteiger partial charge is 0.496 e. The second kappa shape index (κ2) is 6.51. The quantitative estimate of drug-likeness (QED) is 0.815. The van der Waals surface area contributed by atoms with E-state index >= 15 is 0 Å². The summed E-state index contributed by atoms with van der Waals surface area (Å²) in [5, 5.41) is 0. The first-order valence-electron chi connectivity index (χ1n) is 9.74. The van der Waals surface area contributed by atoms with Gasteiger partial charge in [-0.2, -0.15) is 0 Å². The molecule has 0 amide bonds. The maximum Gasteiger partial charge on any atom is 0.131 e. The molecule has 1 saturated heterocycles. The third-order valence-corrected chi connectivity index (χ3v) is 6.04. The Bertz CT molecular complexity index is 843. The Morgan fingerprint density at radius 3 is 2.92 bits per heavy atom. The molecule has 2 atom stereocenters. The van der Waals surface area contributed by atoms with E-state index in [9.17, 15) is 0 Å². The highest BCUT2D eigenvalue weighted by Gasteiger charge is 2.40. The molecule has 4 nitrogen and oxygen atoms in total. The van der Waals surface area contributed by atoms with Crippen molar-refractivity contribution in [2.75, 3.05) is 13.7 Å². The van der Waals surface area contributed by atoms with Gasteiger partial charge in [-0.15, -0.1) is 0 Å². The zero-order valence-electron chi connectivity index (χ0n) is 15.3. The number of benzene rings is 1. The highest BCUT2D eigenvalue weighted by molar-refractivity contribution is 5.57. The Morgan fingerprint density at radius 2 is 2.08 bits per heavy atom. The number of nitrogens with zero attached hydrogens (tertiary/aromatic N) is 3. The van der Waals surface area contributed by atoms with Crippen molar-refractivity contribution in [2.24, 2.45) is 0 Å². The van der Waals surface area contributed by atoms with Gasteiger partial charge in [0.25, 0.3) is 0 Å². The standard InChI is InChI=1S/C22H25N3O/c1-26-21-7-3-2-5-15(21)6-4-12-25-17-10-11-20(25)18-14-23-22(16-8-9-16)24-19(18)13-17/h2-7,14,16-17,20H,8-13H2,1H3/b6-4+/t17-,20-/m0/s1. The topological polar surface area (TPSA) is 38.2 Å². The first-order chi connectivity index (χ1) is 12.8. The van der Waals surface area contributed by atoms with Crippen molar-refractivity contribution in [1.29, 1.82) is 0 Å². The van der Waals surface area contributed by atoms with Crippen molar-refractivity contribution in [3.05, 3.63) is 59.2 Å². The minimum Gasteiger partial charge on any atom is -0.496 e. The van der Waals surface area contributed by atoms with Gasteiger partial charge in [0, 0.05) is 48.3 Å². The van der Waals surface area contributed by atoms with Crippen LogP contribution in [0.25, 0.3) is 6.08 Å². The van der Waals surface area contributed by atoms with Gasteiger partial charge in [0.1, 0.15) is 11.6 Å². The highest BCUT2D eigenvalue weighted by Crippen LogP contribution is 2.44. The average Bonchev–Trinajstić information content (AvgIpc) is 3.48. The summed E-state index contributed by atoms with van der Waals surface area (Å²) < 4.78 is 5.44. The molecule has 3 aliphatic rings. The van der Waals surface area contributed by atoms with Crippen LogP contribution in [0.15, 0.2) is 36.5 Å². The Labute approximate surface area is 154 Å². The fraction of sp³-hybridized carbons (Fsp3) is 0.455. The van der Waals surface area contributed by atoms with Crippen molar-refractivity contribution < 1.29 is 4.74 Å². The van der Waals surface area contributed by atoms with Gasteiger partial charge in [-0.05, 0) is 31.7 Å². The van der Waals surface area contributed by atoms with Crippen LogP contribution in [0.3, 0.4) is 0 Å². The zero-order valence-corrected chi connectivity index (χ0v) is 15.3. The lowest BCUT2D eigenvalue weighted by molar-refractivity contribution is 0.196. The van der Waals surface area contributed by atoms with Crippen LogP contribution in [-0.2, 0) is 6.42 Å². The third kappa shape index (κ3) is 2.82. The number of methoxy groups -OCH3 is 1. The molecule has 0 N–H and O–H groups in total. The minimum atomic E-state index is 0.485.